The van der Waals surface area contributed by atoms with Crippen LogP contribution in [-0.4, -0.2) is 14.5 Å². The van der Waals surface area contributed by atoms with Gasteiger partial charge in [0.15, 0.2) is 4.77 Å². The van der Waals surface area contributed by atoms with E-state index in [1.54, 1.807) is 11.3 Å². The highest BCUT2D eigenvalue weighted by Crippen LogP contribution is 2.26. The Labute approximate surface area is 124 Å². The zero-order chi connectivity index (χ0) is 13.7. The van der Waals surface area contributed by atoms with Crippen molar-refractivity contribution in [3.63, 3.8) is 0 Å². The lowest BCUT2D eigenvalue weighted by molar-refractivity contribution is 1.06. The van der Waals surface area contributed by atoms with Gasteiger partial charge < -0.3 is 4.98 Å². The van der Waals surface area contributed by atoms with Gasteiger partial charge in [0.1, 0.15) is 0 Å². The molecule has 0 fully saturated rings. The second kappa shape index (κ2) is 4.26. The summed E-state index contributed by atoms with van der Waals surface area (Å²) in [6.07, 6.45) is 0. The van der Waals surface area contributed by atoms with Crippen LogP contribution in [0.25, 0.3) is 26.9 Å². The van der Waals surface area contributed by atoms with E-state index in [9.17, 15) is 0 Å². The van der Waals surface area contributed by atoms with Gasteiger partial charge in [-0.3, -0.25) is 4.57 Å². The van der Waals surface area contributed by atoms with Crippen molar-refractivity contribution >= 4 is 44.8 Å². The summed E-state index contributed by atoms with van der Waals surface area (Å²) in [5, 5.41) is 0. The van der Waals surface area contributed by atoms with Gasteiger partial charge in [-0.2, -0.15) is 0 Å². The van der Waals surface area contributed by atoms with Crippen molar-refractivity contribution in [1.82, 2.24) is 14.5 Å². The molecule has 0 radical (unpaired) electrons. The van der Waals surface area contributed by atoms with E-state index in [1.165, 1.54) is 10.3 Å². The Balaban J connectivity index is 2.11. The lowest BCUT2D eigenvalue weighted by atomic mass is 10.2. The molecule has 4 rings (SSSR count). The molecule has 2 aromatic carbocycles. The molecule has 0 saturated carbocycles. The van der Waals surface area contributed by atoms with Gasteiger partial charge in [0, 0.05) is 5.69 Å². The Hall–Kier alpha value is -1.98. The molecule has 0 amide bonds. The second-order valence-electron chi connectivity index (χ2n) is 4.74. The molecular weight excluding hydrogens is 286 g/mol. The van der Waals surface area contributed by atoms with Crippen molar-refractivity contribution in [3.8, 4) is 5.69 Å². The lowest BCUT2D eigenvalue weighted by Gasteiger charge is -2.06. The molecule has 0 aliphatic carbocycles. The predicted molar refractivity (Wildman–Crippen MR) is 86.4 cm³/mol. The number of benzene rings is 2. The third-order valence-electron chi connectivity index (χ3n) is 3.48. The van der Waals surface area contributed by atoms with Crippen molar-refractivity contribution in [2.45, 2.75) is 6.92 Å². The van der Waals surface area contributed by atoms with Crippen molar-refractivity contribution < 1.29 is 0 Å². The Kier molecular flexibility index (Phi) is 2.52. The summed E-state index contributed by atoms with van der Waals surface area (Å²) in [7, 11) is 0. The Morgan fingerprint density at radius 1 is 1.25 bits per heavy atom. The number of nitrogens with zero attached hydrogens (tertiary/aromatic N) is 2. The van der Waals surface area contributed by atoms with Crippen LogP contribution in [0, 0.1) is 11.7 Å². The summed E-state index contributed by atoms with van der Waals surface area (Å²) >= 11 is 7.14. The van der Waals surface area contributed by atoms with Gasteiger partial charge in [0.2, 0.25) is 0 Å². The fourth-order valence-corrected chi connectivity index (χ4v) is 3.58. The molecule has 1 N–H and O–H groups in total. The highest BCUT2D eigenvalue weighted by atomic mass is 32.1. The number of fused-ring (bicyclic) bond motifs is 2. The quantitative estimate of drug-likeness (QED) is 0.521. The van der Waals surface area contributed by atoms with Gasteiger partial charge in [-0.25, -0.2) is 4.98 Å². The summed E-state index contributed by atoms with van der Waals surface area (Å²) in [6.45, 7) is 2.10. The minimum absolute atomic E-state index is 0.721. The van der Waals surface area contributed by atoms with Crippen LogP contribution in [0.2, 0.25) is 0 Å². The lowest BCUT2D eigenvalue weighted by Crippen LogP contribution is -1.95. The first-order chi connectivity index (χ1) is 9.74. The standard InChI is InChI=1S/C15H11N3S2/c1-9-3-2-4-12-14(9)18(15(19)17-12)10-5-6-11-13(7-10)20-8-16-11/h2-8H,1H3,(H,17,19). The minimum atomic E-state index is 0.721. The molecule has 4 aromatic rings. The molecule has 0 saturated heterocycles. The number of imidazole rings is 1. The number of nitrogens with one attached hydrogen (secondary N) is 1. The number of H-pyrrole nitrogens is 1. The zero-order valence-corrected chi connectivity index (χ0v) is 12.4. The van der Waals surface area contributed by atoms with Gasteiger partial charge in [-0.1, -0.05) is 12.1 Å². The molecule has 0 atom stereocenters. The normalized spacial score (nSPS) is 11.4. The molecule has 0 bridgehead atoms. The van der Waals surface area contributed by atoms with E-state index in [0.717, 1.165) is 27.0 Å². The Bertz CT molecular complexity index is 991. The first-order valence-corrected chi connectivity index (χ1v) is 7.57. The first-order valence-electron chi connectivity index (χ1n) is 6.28. The third kappa shape index (κ3) is 1.63. The molecule has 2 heterocycles. The van der Waals surface area contributed by atoms with E-state index >= 15 is 0 Å². The predicted octanol–water partition coefficient (Wildman–Crippen LogP) is 4.61. The fourth-order valence-electron chi connectivity index (χ4n) is 2.56. The number of hydrogen-bond donors (Lipinski definition) is 1. The SMILES string of the molecule is Cc1cccc2[nH]c(=S)n(-c3ccc4ncsc4c3)c12. The fraction of sp³-hybridized carbons (Fsp3) is 0.0667. The van der Waals surface area contributed by atoms with Gasteiger partial charge in [-0.15, -0.1) is 11.3 Å². The van der Waals surface area contributed by atoms with Crippen LogP contribution in [0.4, 0.5) is 0 Å². The maximum Gasteiger partial charge on any atom is 0.182 e. The van der Waals surface area contributed by atoms with Crippen LogP contribution in [0.3, 0.4) is 0 Å². The van der Waals surface area contributed by atoms with Crippen molar-refractivity contribution in [3.05, 3.63) is 52.2 Å². The molecule has 2 aromatic heterocycles. The third-order valence-corrected chi connectivity index (χ3v) is 4.56. The molecule has 0 unspecified atom stereocenters. The van der Waals surface area contributed by atoms with E-state index < -0.39 is 0 Å². The molecule has 0 aliphatic heterocycles. The van der Waals surface area contributed by atoms with Crippen LogP contribution in [0.15, 0.2) is 41.9 Å². The van der Waals surface area contributed by atoms with Crippen molar-refractivity contribution in [1.29, 1.82) is 0 Å². The number of hydrogen-bond acceptors (Lipinski definition) is 3. The van der Waals surface area contributed by atoms with Gasteiger partial charge in [0.05, 0.1) is 26.8 Å². The largest absolute Gasteiger partial charge is 0.330 e. The van der Waals surface area contributed by atoms with Crippen LogP contribution in [0.1, 0.15) is 5.56 Å². The Morgan fingerprint density at radius 2 is 2.15 bits per heavy atom. The van der Waals surface area contributed by atoms with E-state index in [-0.39, 0.29) is 0 Å². The molecule has 3 nitrogen and oxygen atoms in total. The molecular formula is C15H11N3S2. The number of aryl methyl sites for hydroxylation is 1. The molecule has 98 valence electrons. The molecule has 20 heavy (non-hydrogen) atoms. The van der Waals surface area contributed by atoms with Crippen molar-refractivity contribution in [2.75, 3.05) is 0 Å². The van der Waals surface area contributed by atoms with E-state index in [1.807, 2.05) is 17.6 Å². The summed E-state index contributed by atoms with van der Waals surface area (Å²) in [6, 6.07) is 12.5. The van der Waals surface area contributed by atoms with E-state index in [0.29, 0.717) is 0 Å². The molecule has 0 aliphatic rings. The maximum absolute atomic E-state index is 5.49. The Morgan fingerprint density at radius 3 is 3.05 bits per heavy atom. The van der Waals surface area contributed by atoms with Crippen LogP contribution < -0.4 is 0 Å². The zero-order valence-electron chi connectivity index (χ0n) is 10.8. The summed E-state index contributed by atoms with van der Waals surface area (Å²) < 4.78 is 3.99. The van der Waals surface area contributed by atoms with Gasteiger partial charge in [-0.05, 0) is 49.0 Å². The summed E-state index contributed by atoms with van der Waals surface area (Å²) in [5.74, 6) is 0. The number of aromatic amines is 1. The van der Waals surface area contributed by atoms with Crippen LogP contribution >= 0.6 is 23.6 Å². The number of thiazole rings is 1. The first kappa shape index (κ1) is 11.8. The second-order valence-corrected chi connectivity index (χ2v) is 6.01. The molecule has 5 heteroatoms. The van der Waals surface area contributed by atoms with E-state index in [4.69, 9.17) is 12.2 Å². The highest BCUT2D eigenvalue weighted by molar-refractivity contribution is 7.71. The number of rotatable bonds is 1. The minimum Gasteiger partial charge on any atom is -0.330 e. The summed E-state index contributed by atoms with van der Waals surface area (Å²) in [4.78, 5) is 7.59. The highest BCUT2D eigenvalue weighted by Gasteiger charge is 2.09. The number of para-hydroxylation sites is 1. The number of aromatic nitrogens is 3. The van der Waals surface area contributed by atoms with Crippen LogP contribution in [-0.2, 0) is 0 Å². The van der Waals surface area contributed by atoms with Crippen molar-refractivity contribution in [2.24, 2.45) is 0 Å². The van der Waals surface area contributed by atoms with Crippen LogP contribution in [0.5, 0.6) is 0 Å². The van der Waals surface area contributed by atoms with E-state index in [2.05, 4.69) is 45.7 Å². The topological polar surface area (TPSA) is 33.6 Å². The monoisotopic (exact) mass is 297 g/mol. The average Bonchev–Trinajstić information content (AvgIpc) is 3.01. The average molecular weight is 297 g/mol. The van der Waals surface area contributed by atoms with Gasteiger partial charge in [0.25, 0.3) is 0 Å². The summed E-state index contributed by atoms with van der Waals surface area (Å²) in [5.41, 5.74) is 7.39. The maximum atomic E-state index is 5.49. The van der Waals surface area contributed by atoms with Gasteiger partial charge >= 0.3 is 0 Å². The smallest absolute Gasteiger partial charge is 0.182 e. The molecule has 0 spiro atoms.